The lowest BCUT2D eigenvalue weighted by molar-refractivity contribution is 0.0761. The maximum atomic E-state index is 13.6. The van der Waals surface area contributed by atoms with E-state index < -0.39 is 0 Å². The third kappa shape index (κ3) is 3.10. The lowest BCUT2D eigenvalue weighted by Gasteiger charge is -2.21. The maximum absolute atomic E-state index is 13.6. The number of pyridine rings is 1. The number of carbonyl (C=O) groups is 1. The number of carbonyl (C=O) groups excluding carboxylic acids is 1. The zero-order valence-corrected chi connectivity index (χ0v) is 17.1. The van der Waals surface area contributed by atoms with Gasteiger partial charge in [0.1, 0.15) is 5.82 Å². The van der Waals surface area contributed by atoms with Gasteiger partial charge in [-0.25, -0.2) is 4.98 Å². The second-order valence-electron chi connectivity index (χ2n) is 8.43. The van der Waals surface area contributed by atoms with E-state index in [2.05, 4.69) is 0 Å². The van der Waals surface area contributed by atoms with Gasteiger partial charge in [-0.05, 0) is 37.1 Å². The van der Waals surface area contributed by atoms with E-state index >= 15 is 0 Å². The molecule has 0 spiro atoms. The highest BCUT2D eigenvalue weighted by atomic mass is 16.2. The fourth-order valence-electron chi connectivity index (χ4n) is 4.54. The van der Waals surface area contributed by atoms with Crippen LogP contribution in [0.1, 0.15) is 40.6 Å². The van der Waals surface area contributed by atoms with Crippen LogP contribution < -0.4 is 5.56 Å². The Hall–Kier alpha value is -3.54. The van der Waals surface area contributed by atoms with E-state index in [0.29, 0.717) is 48.4 Å². The number of rotatable bonds is 2. The fourth-order valence-corrected chi connectivity index (χ4v) is 4.54. The lowest BCUT2D eigenvalue weighted by atomic mass is 10.0. The van der Waals surface area contributed by atoms with Gasteiger partial charge in [-0.2, -0.15) is 0 Å². The number of hydrogen-bond acceptors (Lipinski definition) is 4. The number of fused-ring (bicyclic) bond motifs is 3. The zero-order valence-electron chi connectivity index (χ0n) is 17.1. The van der Waals surface area contributed by atoms with Gasteiger partial charge in [0.2, 0.25) is 0 Å². The fraction of sp³-hybridized carbons (Fsp3) is 0.280. The van der Waals surface area contributed by atoms with Crippen molar-refractivity contribution in [1.82, 2.24) is 19.4 Å². The summed E-state index contributed by atoms with van der Waals surface area (Å²) in [7, 11) is 0. The summed E-state index contributed by atoms with van der Waals surface area (Å²) >= 11 is 0. The molecule has 3 heterocycles. The van der Waals surface area contributed by atoms with E-state index in [1.54, 1.807) is 4.57 Å². The smallest absolute Gasteiger partial charge is 0.261 e. The van der Waals surface area contributed by atoms with Crippen molar-refractivity contribution in [2.75, 3.05) is 13.1 Å². The van der Waals surface area contributed by atoms with Crippen molar-refractivity contribution in [1.29, 1.82) is 0 Å². The van der Waals surface area contributed by atoms with Crippen LogP contribution in [0.2, 0.25) is 0 Å². The molecule has 0 N–H and O–H groups in total. The molecule has 1 fully saturated rings. The molecule has 2 aliphatic rings. The van der Waals surface area contributed by atoms with Crippen LogP contribution in [-0.2, 0) is 13.0 Å². The second kappa shape index (κ2) is 7.01. The van der Waals surface area contributed by atoms with E-state index in [4.69, 9.17) is 9.97 Å². The van der Waals surface area contributed by atoms with Gasteiger partial charge in [0.25, 0.3) is 11.5 Å². The number of hydrogen-bond donors (Lipinski definition) is 0. The summed E-state index contributed by atoms with van der Waals surface area (Å²) in [6, 6.07) is 17.3. The molecule has 6 nitrogen and oxygen atoms in total. The molecule has 1 aliphatic heterocycles. The van der Waals surface area contributed by atoms with Gasteiger partial charge in [-0.3, -0.25) is 19.1 Å². The third-order valence-corrected chi connectivity index (χ3v) is 6.39. The number of aromatic nitrogens is 3. The van der Waals surface area contributed by atoms with Gasteiger partial charge < -0.3 is 4.90 Å². The number of benzene rings is 2. The summed E-state index contributed by atoms with van der Waals surface area (Å²) in [5, 5.41) is 1.51. The highest BCUT2D eigenvalue weighted by Crippen LogP contribution is 2.40. The van der Waals surface area contributed by atoms with Gasteiger partial charge >= 0.3 is 0 Å². The Labute approximate surface area is 179 Å². The molecule has 1 aliphatic carbocycles. The molecule has 4 aromatic rings. The molecule has 0 radical (unpaired) electrons. The van der Waals surface area contributed by atoms with Crippen LogP contribution in [-0.4, -0.2) is 38.4 Å². The Balaban J connectivity index is 1.37. The van der Waals surface area contributed by atoms with Crippen molar-refractivity contribution in [3.05, 3.63) is 82.0 Å². The van der Waals surface area contributed by atoms with Crippen LogP contribution >= 0.6 is 0 Å². The van der Waals surface area contributed by atoms with Crippen molar-refractivity contribution in [2.24, 2.45) is 0 Å². The Morgan fingerprint density at radius 1 is 0.871 bits per heavy atom. The lowest BCUT2D eigenvalue weighted by Crippen LogP contribution is -2.34. The summed E-state index contributed by atoms with van der Waals surface area (Å²) < 4.78 is 1.73. The molecule has 0 saturated heterocycles. The van der Waals surface area contributed by atoms with E-state index in [1.807, 2.05) is 59.5 Å². The molecular weight excluding hydrogens is 388 g/mol. The minimum Gasteiger partial charge on any atom is -0.336 e. The number of amides is 1. The molecule has 6 heteroatoms. The molecule has 154 valence electrons. The average Bonchev–Trinajstić information content (AvgIpc) is 3.66. The average molecular weight is 410 g/mol. The van der Waals surface area contributed by atoms with E-state index in [0.717, 1.165) is 35.3 Å². The van der Waals surface area contributed by atoms with Gasteiger partial charge in [0.05, 0.1) is 22.0 Å². The van der Waals surface area contributed by atoms with Gasteiger partial charge in [-0.1, -0.05) is 30.3 Å². The minimum atomic E-state index is -0.0275. The van der Waals surface area contributed by atoms with Crippen LogP contribution in [0, 0.1) is 0 Å². The third-order valence-electron chi connectivity index (χ3n) is 6.39. The molecule has 31 heavy (non-hydrogen) atoms. The Morgan fingerprint density at radius 2 is 1.58 bits per heavy atom. The number of nitrogens with zero attached hydrogens (tertiary/aromatic N) is 4. The summed E-state index contributed by atoms with van der Waals surface area (Å²) in [6.45, 7) is 1.48. The Bertz CT molecular complexity index is 1400. The summed E-state index contributed by atoms with van der Waals surface area (Å²) in [4.78, 5) is 38.0. The molecule has 1 saturated carbocycles. The van der Waals surface area contributed by atoms with Crippen LogP contribution in [0.25, 0.3) is 21.8 Å². The summed E-state index contributed by atoms with van der Waals surface area (Å²) in [5.41, 5.74) is 3.29. The monoisotopic (exact) mass is 410 g/mol. The highest BCUT2D eigenvalue weighted by Gasteiger charge is 2.28. The maximum Gasteiger partial charge on any atom is 0.261 e. The quantitative estimate of drug-likeness (QED) is 0.507. The molecule has 0 bridgehead atoms. The number of para-hydroxylation sites is 2. The highest BCUT2D eigenvalue weighted by molar-refractivity contribution is 6.06. The van der Waals surface area contributed by atoms with Gasteiger partial charge in [0, 0.05) is 43.1 Å². The first-order valence-electron chi connectivity index (χ1n) is 10.9. The van der Waals surface area contributed by atoms with Crippen LogP contribution in [0.3, 0.4) is 0 Å². The minimum absolute atomic E-state index is 0.00547. The van der Waals surface area contributed by atoms with Gasteiger partial charge in [-0.15, -0.1) is 0 Å². The van der Waals surface area contributed by atoms with E-state index in [-0.39, 0.29) is 11.5 Å². The molecule has 0 atom stereocenters. The zero-order chi connectivity index (χ0) is 20.9. The standard InChI is InChI=1S/C25H22N4O2/c30-24(19-15-22(16-9-10-16)26-20-7-3-1-5-17(19)20)28-12-11-23-27-21-8-4-2-6-18(21)25(31)29(23)14-13-28/h1-8,15-16H,9-14H2. The van der Waals surface area contributed by atoms with E-state index in [9.17, 15) is 9.59 Å². The molecule has 2 aromatic carbocycles. The Kier molecular flexibility index (Phi) is 4.13. The largest absolute Gasteiger partial charge is 0.336 e. The van der Waals surface area contributed by atoms with E-state index in [1.165, 1.54) is 0 Å². The molecule has 2 aromatic heterocycles. The predicted octanol–water partition coefficient (Wildman–Crippen LogP) is 3.52. The van der Waals surface area contributed by atoms with Crippen molar-refractivity contribution in [2.45, 2.75) is 31.7 Å². The molecule has 0 unspecified atom stereocenters. The second-order valence-corrected chi connectivity index (χ2v) is 8.43. The van der Waals surface area contributed by atoms with Crippen molar-refractivity contribution >= 4 is 27.7 Å². The predicted molar refractivity (Wildman–Crippen MR) is 119 cm³/mol. The molecule has 1 amide bonds. The normalized spacial score (nSPS) is 16.3. The molecular formula is C25H22N4O2. The van der Waals surface area contributed by atoms with Gasteiger partial charge in [0.15, 0.2) is 0 Å². The first-order chi connectivity index (χ1) is 15.2. The summed E-state index contributed by atoms with van der Waals surface area (Å²) in [5.74, 6) is 1.22. The van der Waals surface area contributed by atoms with Crippen molar-refractivity contribution in [3.8, 4) is 0 Å². The topological polar surface area (TPSA) is 68.1 Å². The summed E-state index contributed by atoms with van der Waals surface area (Å²) in [6.07, 6.45) is 2.84. The van der Waals surface area contributed by atoms with Crippen LogP contribution in [0.4, 0.5) is 0 Å². The van der Waals surface area contributed by atoms with Crippen LogP contribution in [0.5, 0.6) is 0 Å². The van der Waals surface area contributed by atoms with Crippen molar-refractivity contribution < 1.29 is 4.79 Å². The van der Waals surface area contributed by atoms with Crippen molar-refractivity contribution in [3.63, 3.8) is 0 Å². The SMILES string of the molecule is O=C(c1cc(C2CC2)nc2ccccc12)N1CCc2nc3ccccc3c(=O)n2CC1. The van der Waals surface area contributed by atoms with Crippen LogP contribution in [0.15, 0.2) is 59.4 Å². The first kappa shape index (κ1) is 18.2. The Morgan fingerprint density at radius 3 is 2.35 bits per heavy atom. The molecule has 6 rings (SSSR count). The first-order valence-corrected chi connectivity index (χ1v) is 10.9.